The van der Waals surface area contributed by atoms with E-state index in [1.807, 2.05) is 30.3 Å². The van der Waals surface area contributed by atoms with Gasteiger partial charge >= 0.3 is 18.3 Å². The second-order valence-corrected chi connectivity index (χ2v) is 8.25. The van der Waals surface area contributed by atoms with Gasteiger partial charge in [-0.25, -0.2) is 0 Å². The van der Waals surface area contributed by atoms with Crippen molar-refractivity contribution in [2.45, 2.75) is 57.7 Å². The van der Waals surface area contributed by atoms with Gasteiger partial charge in [-0.15, -0.1) is 0 Å². The van der Waals surface area contributed by atoms with Gasteiger partial charge in [0, 0.05) is 13.5 Å². The first-order valence-electron chi connectivity index (χ1n) is 10.5. The van der Waals surface area contributed by atoms with E-state index in [-0.39, 0.29) is 24.9 Å². The molecule has 2 rings (SSSR count). The van der Waals surface area contributed by atoms with Crippen LogP contribution in [0.15, 0.2) is 48.5 Å². The van der Waals surface area contributed by atoms with Crippen LogP contribution in [0.25, 0.3) is 0 Å². The lowest BCUT2D eigenvalue weighted by molar-refractivity contribution is -0.156. The molecule has 0 aliphatic heterocycles. The first-order chi connectivity index (χ1) is 15.7. The predicted molar refractivity (Wildman–Crippen MR) is 114 cm³/mol. The Morgan fingerprint density at radius 3 is 2.03 bits per heavy atom. The SMILES string of the molecule is CC(=O)OC(C)(CCc1ccccc1)CNCO[C@H](C)c1cc(C(F)(F)F)cc(C(F)(F)F)c1. The Bertz CT molecular complexity index is 914. The van der Waals surface area contributed by atoms with Crippen LogP contribution in [-0.2, 0) is 33.0 Å². The molecule has 0 aromatic heterocycles. The zero-order valence-electron chi connectivity index (χ0n) is 19.0. The Labute approximate surface area is 194 Å². The van der Waals surface area contributed by atoms with Gasteiger partial charge in [0.1, 0.15) is 5.60 Å². The first-order valence-corrected chi connectivity index (χ1v) is 10.5. The molecule has 0 fully saturated rings. The number of carbonyl (C=O) groups is 1. The Morgan fingerprint density at radius 2 is 1.53 bits per heavy atom. The average molecular weight is 491 g/mol. The van der Waals surface area contributed by atoms with Crippen LogP contribution in [-0.4, -0.2) is 24.8 Å². The Balaban J connectivity index is 2.02. The van der Waals surface area contributed by atoms with Crippen LogP contribution in [0, 0.1) is 0 Å². The van der Waals surface area contributed by atoms with Gasteiger partial charge in [0.15, 0.2) is 0 Å². The maximum atomic E-state index is 13.1. The van der Waals surface area contributed by atoms with Crippen molar-refractivity contribution in [2.75, 3.05) is 13.3 Å². The van der Waals surface area contributed by atoms with E-state index in [0.717, 1.165) is 5.56 Å². The van der Waals surface area contributed by atoms with Crippen molar-refractivity contribution in [1.29, 1.82) is 0 Å². The summed E-state index contributed by atoms with van der Waals surface area (Å²) in [6.07, 6.45) is -9.80. The lowest BCUT2D eigenvalue weighted by atomic mass is 9.96. The summed E-state index contributed by atoms with van der Waals surface area (Å²) in [7, 11) is 0. The molecule has 2 aromatic rings. The number of rotatable bonds is 10. The van der Waals surface area contributed by atoms with E-state index < -0.39 is 41.2 Å². The summed E-state index contributed by atoms with van der Waals surface area (Å²) in [6, 6.07) is 10.9. The Morgan fingerprint density at radius 1 is 0.971 bits per heavy atom. The highest BCUT2D eigenvalue weighted by atomic mass is 19.4. The van der Waals surface area contributed by atoms with Crippen LogP contribution in [0.3, 0.4) is 0 Å². The van der Waals surface area contributed by atoms with Crippen molar-refractivity contribution >= 4 is 5.97 Å². The lowest BCUT2D eigenvalue weighted by Gasteiger charge is -2.30. The third-order valence-electron chi connectivity index (χ3n) is 5.19. The monoisotopic (exact) mass is 491 g/mol. The number of nitrogens with one attached hydrogen (secondary N) is 1. The first kappa shape index (κ1) is 27.7. The summed E-state index contributed by atoms with van der Waals surface area (Å²) in [5, 5.41) is 2.91. The predicted octanol–water partition coefficient (Wildman–Crippen LogP) is 6.30. The summed E-state index contributed by atoms with van der Waals surface area (Å²) in [5.74, 6) is -0.477. The topological polar surface area (TPSA) is 47.6 Å². The van der Waals surface area contributed by atoms with Gasteiger partial charge < -0.3 is 9.47 Å². The minimum Gasteiger partial charge on any atom is -0.458 e. The molecule has 0 spiro atoms. The van der Waals surface area contributed by atoms with E-state index in [4.69, 9.17) is 9.47 Å². The van der Waals surface area contributed by atoms with Crippen LogP contribution >= 0.6 is 0 Å². The number of benzene rings is 2. The van der Waals surface area contributed by atoms with Gasteiger partial charge in [-0.05, 0) is 56.0 Å². The fourth-order valence-corrected chi connectivity index (χ4v) is 3.39. The number of hydrogen-bond acceptors (Lipinski definition) is 4. The highest BCUT2D eigenvalue weighted by Gasteiger charge is 2.37. The van der Waals surface area contributed by atoms with Crippen molar-refractivity contribution in [2.24, 2.45) is 0 Å². The molecule has 0 amide bonds. The van der Waals surface area contributed by atoms with Crippen molar-refractivity contribution in [3.8, 4) is 0 Å². The molecule has 188 valence electrons. The van der Waals surface area contributed by atoms with Crippen molar-refractivity contribution in [3.05, 3.63) is 70.8 Å². The van der Waals surface area contributed by atoms with Crippen LogP contribution in [0.4, 0.5) is 26.3 Å². The van der Waals surface area contributed by atoms with Crippen molar-refractivity contribution in [3.63, 3.8) is 0 Å². The summed E-state index contributed by atoms with van der Waals surface area (Å²) >= 11 is 0. The Hall–Kier alpha value is -2.59. The highest BCUT2D eigenvalue weighted by molar-refractivity contribution is 5.66. The number of carbonyl (C=O) groups excluding carboxylic acids is 1. The lowest BCUT2D eigenvalue weighted by Crippen LogP contribution is -2.43. The van der Waals surface area contributed by atoms with Crippen LogP contribution in [0.1, 0.15) is 55.5 Å². The summed E-state index contributed by atoms with van der Waals surface area (Å²) < 4.78 is 89.3. The zero-order valence-corrected chi connectivity index (χ0v) is 19.0. The molecule has 0 radical (unpaired) electrons. The fourth-order valence-electron chi connectivity index (χ4n) is 3.39. The fraction of sp³-hybridized carbons (Fsp3) is 0.458. The molecule has 0 saturated carbocycles. The van der Waals surface area contributed by atoms with Gasteiger partial charge in [0.05, 0.1) is 24.0 Å². The number of hydrogen-bond donors (Lipinski definition) is 1. The van der Waals surface area contributed by atoms with Gasteiger partial charge in [-0.1, -0.05) is 30.3 Å². The maximum Gasteiger partial charge on any atom is 0.416 e. The largest absolute Gasteiger partial charge is 0.458 e. The van der Waals surface area contributed by atoms with Crippen LogP contribution in [0.2, 0.25) is 0 Å². The number of alkyl halides is 6. The van der Waals surface area contributed by atoms with E-state index in [1.165, 1.54) is 13.8 Å². The van der Waals surface area contributed by atoms with Crippen LogP contribution in [0.5, 0.6) is 0 Å². The molecule has 0 aliphatic carbocycles. The minimum atomic E-state index is -4.93. The van der Waals surface area contributed by atoms with Gasteiger partial charge in [0.2, 0.25) is 0 Å². The van der Waals surface area contributed by atoms with Crippen LogP contribution < -0.4 is 5.32 Å². The molecule has 34 heavy (non-hydrogen) atoms. The molecule has 1 unspecified atom stereocenters. The molecule has 2 aromatic carbocycles. The number of halogens is 6. The van der Waals surface area contributed by atoms with E-state index in [0.29, 0.717) is 25.0 Å². The Kier molecular flexibility index (Phi) is 9.13. The molecule has 0 aliphatic rings. The summed E-state index contributed by atoms with van der Waals surface area (Å²) in [5.41, 5.74) is -2.90. The van der Waals surface area contributed by atoms with E-state index in [9.17, 15) is 31.1 Å². The molecule has 0 heterocycles. The maximum absolute atomic E-state index is 13.1. The van der Waals surface area contributed by atoms with Gasteiger partial charge in [0.25, 0.3) is 0 Å². The molecule has 1 N–H and O–H groups in total. The molecule has 2 atom stereocenters. The van der Waals surface area contributed by atoms with Gasteiger partial charge in [-0.2, -0.15) is 26.3 Å². The standard InChI is InChI=1S/C24H27F6NO3/c1-16(19-11-20(23(25,26)27)13-21(12-19)24(28,29)30)33-15-31-14-22(3,34-17(2)32)10-9-18-7-5-4-6-8-18/h4-8,11-13,16,31H,9-10,14-15H2,1-3H3/t16-,22?/m1/s1. The molecule has 4 nitrogen and oxygen atoms in total. The second kappa shape index (κ2) is 11.2. The molecular formula is C24H27F6NO3. The quantitative estimate of drug-likeness (QED) is 0.183. The number of ether oxygens (including phenoxy) is 2. The number of aryl methyl sites for hydroxylation is 1. The summed E-state index contributed by atoms with van der Waals surface area (Å²) in [6.45, 7) is 4.36. The number of esters is 1. The van der Waals surface area contributed by atoms with E-state index in [1.54, 1.807) is 6.92 Å². The highest BCUT2D eigenvalue weighted by Crippen LogP contribution is 2.37. The molecule has 0 saturated heterocycles. The van der Waals surface area contributed by atoms with Crippen molar-refractivity contribution < 1.29 is 40.6 Å². The normalized spacial score (nSPS) is 15.0. The van der Waals surface area contributed by atoms with E-state index >= 15 is 0 Å². The average Bonchev–Trinajstić information content (AvgIpc) is 2.74. The van der Waals surface area contributed by atoms with Gasteiger partial charge in [-0.3, -0.25) is 10.1 Å². The second-order valence-electron chi connectivity index (χ2n) is 8.25. The third-order valence-corrected chi connectivity index (χ3v) is 5.19. The molecule has 0 bridgehead atoms. The molecule has 10 heteroatoms. The smallest absolute Gasteiger partial charge is 0.416 e. The minimum absolute atomic E-state index is 0.0751. The molecular weight excluding hydrogens is 464 g/mol. The zero-order chi connectivity index (χ0) is 25.6. The van der Waals surface area contributed by atoms with Crippen molar-refractivity contribution in [1.82, 2.24) is 5.32 Å². The third kappa shape index (κ3) is 8.64. The van der Waals surface area contributed by atoms with E-state index in [2.05, 4.69) is 5.32 Å². The summed E-state index contributed by atoms with van der Waals surface area (Å²) in [4.78, 5) is 11.6.